The van der Waals surface area contributed by atoms with E-state index in [4.69, 9.17) is 9.47 Å². The van der Waals surface area contributed by atoms with Crippen molar-refractivity contribution in [3.05, 3.63) is 53.6 Å². The van der Waals surface area contributed by atoms with Gasteiger partial charge >= 0.3 is 6.03 Å². The predicted octanol–water partition coefficient (Wildman–Crippen LogP) is 2.97. The van der Waals surface area contributed by atoms with Gasteiger partial charge in [-0.3, -0.25) is 14.9 Å². The van der Waals surface area contributed by atoms with E-state index in [0.717, 1.165) is 23.7 Å². The first kappa shape index (κ1) is 20.5. The highest BCUT2D eigenvalue weighted by Crippen LogP contribution is 2.34. The van der Waals surface area contributed by atoms with Gasteiger partial charge < -0.3 is 14.4 Å². The number of imide groups is 2. The Morgan fingerprint density at radius 2 is 1.65 bits per heavy atom. The molecule has 31 heavy (non-hydrogen) atoms. The second-order valence-corrected chi connectivity index (χ2v) is 7.28. The Morgan fingerprint density at radius 3 is 2.29 bits per heavy atom. The topological polar surface area (TPSA) is 88.2 Å². The molecule has 0 aromatic heterocycles. The van der Waals surface area contributed by atoms with Crippen LogP contribution in [0.1, 0.15) is 18.4 Å². The maximum Gasteiger partial charge on any atom is 0.336 e. The van der Waals surface area contributed by atoms with Crippen molar-refractivity contribution in [3.63, 3.8) is 0 Å². The van der Waals surface area contributed by atoms with E-state index in [-0.39, 0.29) is 17.0 Å². The van der Waals surface area contributed by atoms with E-state index >= 15 is 0 Å². The molecule has 2 aliphatic rings. The average molecular weight is 421 g/mol. The van der Waals surface area contributed by atoms with E-state index in [0.29, 0.717) is 11.3 Å². The number of urea groups is 1. The van der Waals surface area contributed by atoms with Crippen molar-refractivity contribution in [2.75, 3.05) is 37.1 Å². The summed E-state index contributed by atoms with van der Waals surface area (Å²) in [7, 11) is 2.93. The van der Waals surface area contributed by atoms with Gasteiger partial charge in [0.05, 0.1) is 19.9 Å². The van der Waals surface area contributed by atoms with E-state index in [1.54, 1.807) is 12.1 Å². The number of benzene rings is 2. The number of anilines is 2. The van der Waals surface area contributed by atoms with Gasteiger partial charge in [0.1, 0.15) is 17.1 Å². The lowest BCUT2D eigenvalue weighted by molar-refractivity contribution is -0.122. The third kappa shape index (κ3) is 3.96. The fraction of sp³-hybridized carbons (Fsp3) is 0.261. The zero-order chi connectivity index (χ0) is 22.0. The molecule has 160 valence electrons. The molecule has 2 saturated heterocycles. The molecule has 2 fully saturated rings. The molecule has 0 atom stereocenters. The molecular weight excluding hydrogens is 398 g/mol. The van der Waals surface area contributed by atoms with E-state index in [1.165, 1.54) is 39.2 Å². The standard InChI is InChI=1S/C23H23N3O5/c1-30-17-9-10-19(20(14-17)31-2)26-22(28)18(21(27)24-23(26)29)13-15-5-7-16(8-6-15)25-11-3-4-12-25/h5-10,13-14H,3-4,11-12H2,1-2H3,(H,24,27,29)/b18-13+. The third-order valence-corrected chi connectivity index (χ3v) is 5.40. The van der Waals surface area contributed by atoms with Crippen LogP contribution in [0.4, 0.5) is 16.2 Å². The number of nitrogens with zero attached hydrogens (tertiary/aromatic N) is 2. The van der Waals surface area contributed by atoms with Crippen LogP contribution in [0.2, 0.25) is 0 Å². The van der Waals surface area contributed by atoms with Crippen LogP contribution in [0, 0.1) is 0 Å². The van der Waals surface area contributed by atoms with Crippen molar-refractivity contribution < 1.29 is 23.9 Å². The lowest BCUT2D eigenvalue weighted by atomic mass is 10.1. The van der Waals surface area contributed by atoms with E-state index in [1.807, 2.05) is 24.3 Å². The van der Waals surface area contributed by atoms with Crippen LogP contribution in [0.3, 0.4) is 0 Å². The monoisotopic (exact) mass is 421 g/mol. The van der Waals surface area contributed by atoms with E-state index in [9.17, 15) is 14.4 Å². The molecule has 0 aliphatic carbocycles. The molecule has 0 saturated carbocycles. The SMILES string of the molecule is COc1ccc(N2C(=O)NC(=O)/C(=C\c3ccc(N4CCCC4)cc3)C2=O)c(OC)c1. The number of barbiturate groups is 1. The number of nitrogens with one attached hydrogen (secondary N) is 1. The number of carbonyl (C=O) groups excluding carboxylic acids is 3. The van der Waals surface area contributed by atoms with E-state index < -0.39 is 17.8 Å². The molecule has 0 radical (unpaired) electrons. The minimum Gasteiger partial charge on any atom is -0.497 e. The number of hydrogen-bond acceptors (Lipinski definition) is 6. The Morgan fingerprint density at radius 1 is 0.935 bits per heavy atom. The number of hydrogen-bond donors (Lipinski definition) is 1. The number of carbonyl (C=O) groups is 3. The highest BCUT2D eigenvalue weighted by molar-refractivity contribution is 6.39. The Kier molecular flexibility index (Phi) is 5.62. The average Bonchev–Trinajstić information content (AvgIpc) is 3.32. The van der Waals surface area contributed by atoms with Gasteiger partial charge in [-0.05, 0) is 48.7 Å². The van der Waals surface area contributed by atoms with Gasteiger partial charge in [0.25, 0.3) is 11.8 Å². The summed E-state index contributed by atoms with van der Waals surface area (Å²) in [6, 6.07) is 11.5. The first-order chi connectivity index (χ1) is 15.0. The number of methoxy groups -OCH3 is 2. The summed E-state index contributed by atoms with van der Waals surface area (Å²) in [6.07, 6.45) is 3.85. The second-order valence-electron chi connectivity index (χ2n) is 7.28. The molecule has 1 N–H and O–H groups in total. The predicted molar refractivity (Wildman–Crippen MR) is 116 cm³/mol. The summed E-state index contributed by atoms with van der Waals surface area (Å²) in [5.41, 5.74) is 1.89. The highest BCUT2D eigenvalue weighted by atomic mass is 16.5. The number of rotatable bonds is 5. The van der Waals surface area contributed by atoms with Crippen LogP contribution < -0.4 is 24.6 Å². The van der Waals surface area contributed by atoms with Crippen molar-refractivity contribution in [2.45, 2.75) is 12.8 Å². The van der Waals surface area contributed by atoms with Crippen LogP contribution in [-0.2, 0) is 9.59 Å². The summed E-state index contributed by atoms with van der Waals surface area (Å²) in [5, 5.41) is 2.23. The minimum atomic E-state index is -0.833. The summed E-state index contributed by atoms with van der Waals surface area (Å²) < 4.78 is 10.5. The molecule has 8 nitrogen and oxygen atoms in total. The Hall–Kier alpha value is -3.81. The van der Waals surface area contributed by atoms with Crippen LogP contribution in [0.5, 0.6) is 11.5 Å². The van der Waals surface area contributed by atoms with Crippen molar-refractivity contribution >= 4 is 35.3 Å². The Bertz CT molecular complexity index is 1060. The first-order valence-electron chi connectivity index (χ1n) is 10.0. The first-order valence-corrected chi connectivity index (χ1v) is 10.0. The summed E-state index contributed by atoms with van der Waals surface area (Å²) in [6.45, 7) is 2.06. The van der Waals surface area contributed by atoms with Crippen molar-refractivity contribution in [2.24, 2.45) is 0 Å². The number of amides is 4. The smallest absolute Gasteiger partial charge is 0.336 e. The number of ether oxygens (including phenoxy) is 2. The molecule has 4 rings (SSSR count). The van der Waals surface area contributed by atoms with Gasteiger partial charge in [-0.15, -0.1) is 0 Å². The lowest BCUT2D eigenvalue weighted by Crippen LogP contribution is -2.54. The van der Waals surface area contributed by atoms with Crippen LogP contribution >= 0.6 is 0 Å². The molecule has 4 amide bonds. The lowest BCUT2D eigenvalue weighted by Gasteiger charge is -2.27. The highest BCUT2D eigenvalue weighted by Gasteiger charge is 2.38. The van der Waals surface area contributed by atoms with Gasteiger partial charge in [-0.1, -0.05) is 12.1 Å². The van der Waals surface area contributed by atoms with Gasteiger partial charge in [-0.2, -0.15) is 0 Å². The van der Waals surface area contributed by atoms with Crippen LogP contribution in [-0.4, -0.2) is 45.2 Å². The van der Waals surface area contributed by atoms with Gasteiger partial charge in [0.2, 0.25) is 0 Å². The fourth-order valence-corrected chi connectivity index (χ4v) is 3.77. The Balaban J connectivity index is 1.65. The van der Waals surface area contributed by atoms with E-state index in [2.05, 4.69) is 10.2 Å². The summed E-state index contributed by atoms with van der Waals surface area (Å²) in [4.78, 5) is 41.2. The van der Waals surface area contributed by atoms with Crippen LogP contribution in [0.15, 0.2) is 48.0 Å². The fourth-order valence-electron chi connectivity index (χ4n) is 3.77. The molecule has 0 spiro atoms. The summed E-state index contributed by atoms with van der Waals surface area (Å²) in [5.74, 6) is -0.676. The van der Waals surface area contributed by atoms with Crippen molar-refractivity contribution in [3.8, 4) is 11.5 Å². The molecule has 2 aromatic carbocycles. The molecule has 2 aromatic rings. The zero-order valence-electron chi connectivity index (χ0n) is 17.4. The molecular formula is C23H23N3O5. The zero-order valence-corrected chi connectivity index (χ0v) is 17.4. The maximum atomic E-state index is 13.1. The van der Waals surface area contributed by atoms with Gasteiger partial charge in [-0.25, -0.2) is 9.69 Å². The molecule has 8 heteroatoms. The van der Waals surface area contributed by atoms with Crippen molar-refractivity contribution in [1.29, 1.82) is 0 Å². The largest absolute Gasteiger partial charge is 0.497 e. The normalized spacial score (nSPS) is 17.9. The molecule has 0 unspecified atom stereocenters. The maximum absolute atomic E-state index is 13.1. The second kappa shape index (κ2) is 8.51. The quantitative estimate of drug-likeness (QED) is 0.590. The molecule has 0 bridgehead atoms. The molecule has 2 aliphatic heterocycles. The van der Waals surface area contributed by atoms with Crippen LogP contribution in [0.25, 0.3) is 6.08 Å². The Labute approximate surface area is 180 Å². The van der Waals surface area contributed by atoms with Gasteiger partial charge in [0.15, 0.2) is 0 Å². The minimum absolute atomic E-state index is 0.133. The molecule has 2 heterocycles. The summed E-state index contributed by atoms with van der Waals surface area (Å²) >= 11 is 0. The van der Waals surface area contributed by atoms with Gasteiger partial charge in [0, 0.05) is 24.8 Å². The third-order valence-electron chi connectivity index (χ3n) is 5.40. The van der Waals surface area contributed by atoms with Crippen molar-refractivity contribution in [1.82, 2.24) is 5.32 Å².